The average Bonchev–Trinajstić information content (AvgIpc) is 2.48. The minimum atomic E-state index is -1.17. The highest BCUT2D eigenvalue weighted by atomic mass is 32.2. The van der Waals surface area contributed by atoms with Crippen LogP contribution in [0.15, 0.2) is 42.5 Å². The van der Waals surface area contributed by atoms with Crippen molar-refractivity contribution in [2.75, 3.05) is 5.32 Å². The van der Waals surface area contributed by atoms with Crippen molar-refractivity contribution in [2.24, 2.45) is 0 Å². The molecule has 114 valence electrons. The van der Waals surface area contributed by atoms with Crippen LogP contribution < -0.4 is 5.32 Å². The van der Waals surface area contributed by atoms with Crippen molar-refractivity contribution in [1.82, 2.24) is 0 Å². The first-order valence-electron chi connectivity index (χ1n) is 6.17. The third-order valence-electron chi connectivity index (χ3n) is 2.76. The van der Waals surface area contributed by atoms with Crippen molar-refractivity contribution in [3.8, 4) is 0 Å². The number of halogens is 2. The lowest BCUT2D eigenvalue weighted by atomic mass is 10.2. The number of carboxylic acid groups (broad SMARTS) is 1. The number of nitrogens with one attached hydrogen (secondary N) is 1. The minimum absolute atomic E-state index is 0.0478. The first kappa shape index (κ1) is 16.0. The Morgan fingerprint density at radius 3 is 2.59 bits per heavy atom. The van der Waals surface area contributed by atoms with E-state index in [9.17, 15) is 18.4 Å². The summed E-state index contributed by atoms with van der Waals surface area (Å²) in [5, 5.41) is 10.9. The molecule has 0 aliphatic rings. The van der Waals surface area contributed by atoms with Crippen LogP contribution in [0.4, 0.5) is 19.3 Å². The second-order valence-corrected chi connectivity index (χ2v) is 5.24. The molecule has 0 fully saturated rings. The summed E-state index contributed by atoms with van der Waals surface area (Å²) >= 11 is 0.718. The molecule has 0 aromatic heterocycles. The fourth-order valence-corrected chi connectivity index (χ4v) is 2.41. The Bertz CT molecular complexity index is 722. The molecule has 2 aromatic rings. The molecule has 2 N–H and O–H groups in total. The van der Waals surface area contributed by atoms with E-state index in [2.05, 4.69) is 5.32 Å². The standard InChI is InChI=1S/C15H11F2NO3S/c16-10-5-6-12(17)9(7-10)8-22-15(21)18-13-4-2-1-3-11(13)14(19)20/h1-7H,8H2,(H,18,21)(H,19,20). The Morgan fingerprint density at radius 2 is 1.86 bits per heavy atom. The van der Waals surface area contributed by atoms with E-state index in [0.29, 0.717) is 0 Å². The molecule has 2 rings (SSSR count). The van der Waals surface area contributed by atoms with Gasteiger partial charge in [-0.2, -0.15) is 0 Å². The van der Waals surface area contributed by atoms with Crippen LogP contribution >= 0.6 is 11.8 Å². The molecule has 0 atom stereocenters. The predicted molar refractivity (Wildman–Crippen MR) is 80.1 cm³/mol. The molecular weight excluding hydrogens is 312 g/mol. The molecule has 0 unspecified atom stereocenters. The van der Waals surface area contributed by atoms with Gasteiger partial charge >= 0.3 is 5.97 Å². The van der Waals surface area contributed by atoms with Gasteiger partial charge in [-0.3, -0.25) is 4.79 Å². The Labute approximate surface area is 129 Å². The van der Waals surface area contributed by atoms with E-state index in [1.54, 1.807) is 6.07 Å². The van der Waals surface area contributed by atoms with Crippen molar-refractivity contribution >= 4 is 28.7 Å². The van der Waals surface area contributed by atoms with Crippen molar-refractivity contribution in [3.05, 3.63) is 65.2 Å². The molecule has 1 amide bonds. The number of benzene rings is 2. The summed E-state index contributed by atoms with van der Waals surface area (Å²) in [6.07, 6.45) is 0. The summed E-state index contributed by atoms with van der Waals surface area (Å²) in [6.45, 7) is 0. The van der Waals surface area contributed by atoms with Gasteiger partial charge in [0.2, 0.25) is 0 Å². The molecule has 0 heterocycles. The zero-order chi connectivity index (χ0) is 16.1. The molecular formula is C15H11F2NO3S. The number of carbonyl (C=O) groups is 2. The maximum atomic E-state index is 13.4. The quantitative estimate of drug-likeness (QED) is 0.888. The SMILES string of the molecule is O=C(Nc1ccccc1C(=O)O)SCc1cc(F)ccc1F. The van der Waals surface area contributed by atoms with E-state index >= 15 is 0 Å². The molecule has 0 saturated heterocycles. The molecule has 0 spiro atoms. The minimum Gasteiger partial charge on any atom is -0.478 e. The van der Waals surface area contributed by atoms with Crippen molar-refractivity contribution in [3.63, 3.8) is 0 Å². The number of aromatic carboxylic acids is 1. The van der Waals surface area contributed by atoms with Gasteiger partial charge in [-0.05, 0) is 30.3 Å². The van der Waals surface area contributed by atoms with Gasteiger partial charge < -0.3 is 10.4 Å². The molecule has 4 nitrogen and oxygen atoms in total. The molecule has 0 saturated carbocycles. The van der Waals surface area contributed by atoms with E-state index in [0.717, 1.165) is 30.0 Å². The predicted octanol–water partition coefficient (Wildman–Crippen LogP) is 4.13. The van der Waals surface area contributed by atoms with Gasteiger partial charge in [-0.1, -0.05) is 23.9 Å². The maximum absolute atomic E-state index is 13.4. The van der Waals surface area contributed by atoms with E-state index in [1.807, 2.05) is 0 Å². The van der Waals surface area contributed by atoms with E-state index < -0.39 is 22.8 Å². The van der Waals surface area contributed by atoms with Crippen LogP contribution in [0.25, 0.3) is 0 Å². The van der Waals surface area contributed by atoms with E-state index in [-0.39, 0.29) is 22.6 Å². The van der Waals surface area contributed by atoms with Crippen molar-refractivity contribution in [2.45, 2.75) is 5.75 Å². The molecule has 0 bridgehead atoms. The second-order valence-electron chi connectivity index (χ2n) is 4.29. The number of anilines is 1. The number of carboxylic acids is 1. The lowest BCUT2D eigenvalue weighted by Gasteiger charge is -2.08. The summed E-state index contributed by atoms with van der Waals surface area (Å²) in [6, 6.07) is 8.92. The average molecular weight is 323 g/mol. The maximum Gasteiger partial charge on any atom is 0.337 e. The summed E-state index contributed by atoms with van der Waals surface area (Å²) in [5.41, 5.74) is 0.160. The second kappa shape index (κ2) is 7.04. The van der Waals surface area contributed by atoms with Gasteiger partial charge in [0.1, 0.15) is 11.6 Å². The molecule has 22 heavy (non-hydrogen) atoms. The Morgan fingerprint density at radius 1 is 1.14 bits per heavy atom. The summed E-state index contributed by atoms with van der Waals surface area (Å²) in [7, 11) is 0. The number of thioether (sulfide) groups is 1. The number of hydrogen-bond acceptors (Lipinski definition) is 3. The number of carbonyl (C=O) groups excluding carboxylic acids is 1. The smallest absolute Gasteiger partial charge is 0.337 e. The Kier molecular flexibility index (Phi) is 5.11. The number of para-hydroxylation sites is 1. The number of amides is 1. The lowest BCUT2D eigenvalue weighted by molar-refractivity contribution is 0.0698. The zero-order valence-corrected chi connectivity index (χ0v) is 12.0. The summed E-state index contributed by atoms with van der Waals surface area (Å²) in [5.74, 6) is -2.43. The fourth-order valence-electron chi connectivity index (χ4n) is 1.72. The third kappa shape index (κ3) is 4.05. The third-order valence-corrected chi connectivity index (χ3v) is 3.58. The van der Waals surface area contributed by atoms with Crippen LogP contribution in [0.2, 0.25) is 0 Å². The molecule has 0 aliphatic heterocycles. The van der Waals surface area contributed by atoms with Crippen LogP contribution in [0.1, 0.15) is 15.9 Å². The van der Waals surface area contributed by atoms with Crippen LogP contribution in [-0.2, 0) is 5.75 Å². The highest BCUT2D eigenvalue weighted by molar-refractivity contribution is 8.13. The van der Waals surface area contributed by atoms with Crippen molar-refractivity contribution < 1.29 is 23.5 Å². The highest BCUT2D eigenvalue weighted by Crippen LogP contribution is 2.21. The molecule has 0 aliphatic carbocycles. The number of hydrogen-bond donors (Lipinski definition) is 2. The van der Waals surface area contributed by atoms with Crippen LogP contribution in [-0.4, -0.2) is 16.3 Å². The number of rotatable bonds is 4. The van der Waals surface area contributed by atoms with Gasteiger partial charge in [-0.25, -0.2) is 13.6 Å². The molecule has 7 heteroatoms. The summed E-state index contributed by atoms with van der Waals surface area (Å²) in [4.78, 5) is 22.8. The first-order chi connectivity index (χ1) is 10.5. The monoisotopic (exact) mass is 323 g/mol. The highest BCUT2D eigenvalue weighted by Gasteiger charge is 2.13. The largest absolute Gasteiger partial charge is 0.478 e. The van der Waals surface area contributed by atoms with Crippen molar-refractivity contribution in [1.29, 1.82) is 0 Å². The zero-order valence-electron chi connectivity index (χ0n) is 11.2. The normalized spacial score (nSPS) is 10.3. The molecule has 0 radical (unpaired) electrons. The van der Waals surface area contributed by atoms with Gasteiger partial charge in [-0.15, -0.1) is 0 Å². The van der Waals surface area contributed by atoms with Crippen LogP contribution in [0.5, 0.6) is 0 Å². The van der Waals surface area contributed by atoms with Crippen LogP contribution in [0, 0.1) is 11.6 Å². The van der Waals surface area contributed by atoms with Gasteiger partial charge in [0.05, 0.1) is 11.3 Å². The molecule has 2 aromatic carbocycles. The Balaban J connectivity index is 2.02. The topological polar surface area (TPSA) is 66.4 Å². The van der Waals surface area contributed by atoms with E-state index in [1.165, 1.54) is 18.2 Å². The van der Waals surface area contributed by atoms with Gasteiger partial charge in [0.25, 0.3) is 5.24 Å². The lowest BCUT2D eigenvalue weighted by Crippen LogP contribution is -2.10. The fraction of sp³-hybridized carbons (Fsp3) is 0.0667. The first-order valence-corrected chi connectivity index (χ1v) is 7.16. The Hall–Kier alpha value is -2.41. The van der Waals surface area contributed by atoms with E-state index in [4.69, 9.17) is 5.11 Å². The van der Waals surface area contributed by atoms with Crippen LogP contribution in [0.3, 0.4) is 0 Å². The van der Waals surface area contributed by atoms with Gasteiger partial charge in [0.15, 0.2) is 0 Å². The van der Waals surface area contributed by atoms with Gasteiger partial charge in [0, 0.05) is 11.3 Å². The summed E-state index contributed by atoms with van der Waals surface area (Å²) < 4.78 is 26.4.